The molecule has 2 aromatic carbocycles. The SMILES string of the molecule is CSc1ccc(/C=C2\SC(=O)N(Cc3cccc(Cl)c3)C2=O)cc1. The second kappa shape index (κ2) is 7.47. The third kappa shape index (κ3) is 3.86. The molecule has 0 spiro atoms. The lowest BCUT2D eigenvalue weighted by molar-refractivity contribution is -0.123. The van der Waals surface area contributed by atoms with E-state index in [1.165, 1.54) is 4.90 Å². The molecule has 0 N–H and O–H groups in total. The molecule has 1 fully saturated rings. The standard InChI is InChI=1S/C18H14ClNO2S2/c1-23-15-7-5-12(6-8-15)10-16-17(21)20(18(22)24-16)11-13-3-2-4-14(19)9-13/h2-10H,11H2,1H3/b16-10-. The third-order valence-electron chi connectivity index (χ3n) is 3.52. The van der Waals surface area contributed by atoms with Crippen LogP contribution in [0.2, 0.25) is 5.02 Å². The maximum atomic E-state index is 12.5. The zero-order valence-electron chi connectivity index (χ0n) is 12.9. The Morgan fingerprint density at radius 2 is 1.92 bits per heavy atom. The number of hydrogen-bond donors (Lipinski definition) is 0. The Labute approximate surface area is 154 Å². The van der Waals surface area contributed by atoms with E-state index in [1.54, 1.807) is 36.0 Å². The largest absolute Gasteiger partial charge is 0.293 e. The van der Waals surface area contributed by atoms with Crippen molar-refractivity contribution in [1.82, 2.24) is 4.90 Å². The molecular formula is C18H14ClNO2S2. The Kier molecular flexibility index (Phi) is 5.33. The maximum Gasteiger partial charge on any atom is 0.293 e. The molecule has 0 atom stereocenters. The highest BCUT2D eigenvalue weighted by molar-refractivity contribution is 8.18. The first kappa shape index (κ1) is 17.1. The smallest absolute Gasteiger partial charge is 0.268 e. The first-order valence-electron chi connectivity index (χ1n) is 7.20. The number of amides is 2. The molecule has 1 heterocycles. The van der Waals surface area contributed by atoms with Crippen LogP contribution in [-0.2, 0) is 11.3 Å². The van der Waals surface area contributed by atoms with Crippen molar-refractivity contribution in [2.45, 2.75) is 11.4 Å². The number of thioether (sulfide) groups is 2. The predicted octanol–water partition coefficient (Wildman–Crippen LogP) is 5.30. The van der Waals surface area contributed by atoms with Gasteiger partial charge in [0.1, 0.15) is 0 Å². The van der Waals surface area contributed by atoms with Crippen molar-refractivity contribution in [3.8, 4) is 0 Å². The second-order valence-corrected chi connectivity index (χ2v) is 7.48. The predicted molar refractivity (Wildman–Crippen MR) is 101 cm³/mol. The van der Waals surface area contributed by atoms with E-state index >= 15 is 0 Å². The van der Waals surface area contributed by atoms with Crippen molar-refractivity contribution in [2.24, 2.45) is 0 Å². The number of imide groups is 1. The lowest BCUT2D eigenvalue weighted by atomic mass is 10.2. The van der Waals surface area contributed by atoms with Gasteiger partial charge in [-0.1, -0.05) is 35.9 Å². The molecule has 122 valence electrons. The van der Waals surface area contributed by atoms with E-state index in [1.807, 2.05) is 36.6 Å². The summed E-state index contributed by atoms with van der Waals surface area (Å²) < 4.78 is 0. The quantitative estimate of drug-likeness (QED) is 0.537. The topological polar surface area (TPSA) is 37.4 Å². The van der Waals surface area contributed by atoms with Crippen LogP contribution in [0.5, 0.6) is 0 Å². The van der Waals surface area contributed by atoms with Gasteiger partial charge in [-0.05, 0) is 59.5 Å². The summed E-state index contributed by atoms with van der Waals surface area (Å²) in [5.41, 5.74) is 1.73. The van der Waals surface area contributed by atoms with Gasteiger partial charge in [-0.25, -0.2) is 0 Å². The fourth-order valence-corrected chi connectivity index (χ4v) is 3.77. The van der Waals surface area contributed by atoms with Crippen LogP contribution in [0.15, 0.2) is 58.3 Å². The summed E-state index contributed by atoms with van der Waals surface area (Å²) in [6, 6.07) is 15.0. The van der Waals surface area contributed by atoms with E-state index in [2.05, 4.69) is 0 Å². The van der Waals surface area contributed by atoms with Crippen molar-refractivity contribution in [1.29, 1.82) is 0 Å². The molecular weight excluding hydrogens is 362 g/mol. The molecule has 1 saturated heterocycles. The van der Waals surface area contributed by atoms with Crippen molar-refractivity contribution in [2.75, 3.05) is 6.26 Å². The Morgan fingerprint density at radius 3 is 2.58 bits per heavy atom. The van der Waals surface area contributed by atoms with E-state index < -0.39 is 0 Å². The molecule has 24 heavy (non-hydrogen) atoms. The minimum atomic E-state index is -0.265. The molecule has 3 nitrogen and oxygen atoms in total. The van der Waals surface area contributed by atoms with Gasteiger partial charge in [0.05, 0.1) is 11.4 Å². The number of benzene rings is 2. The Hall–Kier alpha value is -1.69. The van der Waals surface area contributed by atoms with Crippen molar-refractivity contribution in [3.63, 3.8) is 0 Å². The van der Waals surface area contributed by atoms with Crippen LogP contribution < -0.4 is 0 Å². The van der Waals surface area contributed by atoms with E-state index in [4.69, 9.17) is 11.6 Å². The zero-order chi connectivity index (χ0) is 17.1. The average molecular weight is 376 g/mol. The average Bonchev–Trinajstić information content (AvgIpc) is 2.83. The van der Waals surface area contributed by atoms with Gasteiger partial charge in [-0.15, -0.1) is 11.8 Å². The van der Waals surface area contributed by atoms with Gasteiger partial charge in [0.15, 0.2) is 0 Å². The van der Waals surface area contributed by atoms with Gasteiger partial charge in [-0.2, -0.15) is 0 Å². The Bertz CT molecular complexity index is 818. The Morgan fingerprint density at radius 1 is 1.17 bits per heavy atom. The number of halogens is 1. The molecule has 1 aliphatic rings. The normalized spacial score (nSPS) is 16.2. The minimum Gasteiger partial charge on any atom is -0.268 e. The summed E-state index contributed by atoms with van der Waals surface area (Å²) in [6.07, 6.45) is 3.77. The summed E-state index contributed by atoms with van der Waals surface area (Å²) in [5.74, 6) is -0.265. The first-order chi connectivity index (χ1) is 11.6. The van der Waals surface area contributed by atoms with Crippen molar-refractivity contribution in [3.05, 3.63) is 69.6 Å². The zero-order valence-corrected chi connectivity index (χ0v) is 15.3. The fraction of sp³-hybridized carbons (Fsp3) is 0.111. The fourth-order valence-electron chi connectivity index (χ4n) is 2.31. The van der Waals surface area contributed by atoms with Gasteiger partial charge in [0, 0.05) is 9.92 Å². The highest BCUT2D eigenvalue weighted by Crippen LogP contribution is 2.33. The van der Waals surface area contributed by atoms with Crippen molar-refractivity contribution >= 4 is 52.3 Å². The van der Waals surface area contributed by atoms with Gasteiger partial charge >= 0.3 is 0 Å². The van der Waals surface area contributed by atoms with Crippen LogP contribution in [0.25, 0.3) is 6.08 Å². The van der Waals surface area contributed by atoms with Gasteiger partial charge in [-0.3, -0.25) is 14.5 Å². The lowest BCUT2D eigenvalue weighted by Gasteiger charge is -2.12. The number of carbonyl (C=O) groups excluding carboxylic acids is 2. The molecule has 2 amide bonds. The van der Waals surface area contributed by atoms with Gasteiger partial charge < -0.3 is 0 Å². The van der Waals surface area contributed by atoms with Crippen LogP contribution in [-0.4, -0.2) is 22.3 Å². The molecule has 0 aliphatic carbocycles. The summed E-state index contributed by atoms with van der Waals surface area (Å²) in [4.78, 5) is 27.5. The number of hydrogen-bond acceptors (Lipinski definition) is 4. The van der Waals surface area contributed by atoms with E-state index in [-0.39, 0.29) is 17.7 Å². The van der Waals surface area contributed by atoms with Crippen molar-refractivity contribution < 1.29 is 9.59 Å². The van der Waals surface area contributed by atoms with Crippen LogP contribution in [0.4, 0.5) is 4.79 Å². The highest BCUT2D eigenvalue weighted by atomic mass is 35.5. The van der Waals surface area contributed by atoms with Gasteiger partial charge in [0.2, 0.25) is 0 Å². The summed E-state index contributed by atoms with van der Waals surface area (Å²) >= 11 is 8.59. The van der Waals surface area contributed by atoms with E-state index in [9.17, 15) is 9.59 Å². The molecule has 0 bridgehead atoms. The summed E-state index contributed by atoms with van der Waals surface area (Å²) in [6.45, 7) is 0.230. The molecule has 6 heteroatoms. The number of nitrogens with zero attached hydrogens (tertiary/aromatic N) is 1. The monoisotopic (exact) mass is 375 g/mol. The first-order valence-corrected chi connectivity index (χ1v) is 9.62. The van der Waals surface area contributed by atoms with E-state index in [0.29, 0.717) is 9.93 Å². The summed E-state index contributed by atoms with van der Waals surface area (Å²) in [5, 5.41) is 0.329. The highest BCUT2D eigenvalue weighted by Gasteiger charge is 2.34. The molecule has 1 aliphatic heterocycles. The van der Waals surface area contributed by atoms with Crippen LogP contribution >= 0.6 is 35.1 Å². The molecule has 0 saturated carbocycles. The van der Waals surface area contributed by atoms with Gasteiger partial charge in [0.25, 0.3) is 11.1 Å². The molecule has 0 unspecified atom stereocenters. The summed E-state index contributed by atoms with van der Waals surface area (Å²) in [7, 11) is 0. The Balaban J connectivity index is 1.79. The molecule has 3 rings (SSSR count). The minimum absolute atomic E-state index is 0.230. The molecule has 0 radical (unpaired) electrons. The third-order valence-corrected chi connectivity index (χ3v) is 5.40. The van der Waals surface area contributed by atoms with Crippen LogP contribution in [0.1, 0.15) is 11.1 Å². The number of rotatable bonds is 4. The van der Waals surface area contributed by atoms with E-state index in [0.717, 1.165) is 27.8 Å². The molecule has 2 aromatic rings. The van der Waals surface area contributed by atoms with Crippen LogP contribution in [0, 0.1) is 0 Å². The lowest BCUT2D eigenvalue weighted by Crippen LogP contribution is -2.27. The molecule has 0 aromatic heterocycles. The van der Waals surface area contributed by atoms with Crippen LogP contribution in [0.3, 0.4) is 0 Å². The maximum absolute atomic E-state index is 12.5. The number of carbonyl (C=O) groups is 2. The second-order valence-electron chi connectivity index (χ2n) is 5.17.